The van der Waals surface area contributed by atoms with Crippen LogP contribution in [0, 0.1) is 12.1 Å². The number of hydrogen-bond donors (Lipinski definition) is 0. The molecular weight excluding hydrogens is 623 g/mol. The predicted molar refractivity (Wildman–Crippen MR) is 140 cm³/mol. The Morgan fingerprint density at radius 1 is 0.778 bits per heavy atom. The van der Waals surface area contributed by atoms with Crippen LogP contribution in [0.2, 0.25) is 0 Å². The monoisotopic (exact) mass is 644 g/mol. The first-order valence-electron chi connectivity index (χ1n) is 11.4. The normalized spacial score (nSPS) is 11.7. The molecule has 4 nitrogen and oxygen atoms in total. The van der Waals surface area contributed by atoms with Crippen molar-refractivity contribution in [1.29, 1.82) is 0 Å². The molecular formula is C31H21IrN3O. The molecule has 2 aromatic heterocycles. The van der Waals surface area contributed by atoms with E-state index in [0.29, 0.717) is 0 Å². The van der Waals surface area contributed by atoms with Gasteiger partial charge in [-0.2, -0.15) is 6.07 Å². The number of benzene rings is 4. The third-order valence-corrected chi connectivity index (χ3v) is 5.91. The molecule has 0 aliphatic carbocycles. The van der Waals surface area contributed by atoms with Gasteiger partial charge in [-0.3, -0.25) is 0 Å². The van der Waals surface area contributed by atoms with E-state index in [2.05, 4.69) is 53.5 Å². The molecule has 175 valence electrons. The standard InChI is InChI=1S/C20H13N2O.C11H8N.Ir/c1-21-13-22(18-8-4-3-7-17(18)21)14-10-11-16-15-6-2-5-9-19(15)23-20(16)12-14;1-2-6-10(7-3-1)11-8-4-5-9-12-11;/h2-11H,1H3;1-6,8-9H;/q+1;-1;. The molecule has 0 amide bonds. The third-order valence-electron chi connectivity index (χ3n) is 5.91. The number of furan rings is 1. The summed E-state index contributed by atoms with van der Waals surface area (Å²) in [6.45, 7) is 0. The van der Waals surface area contributed by atoms with Crippen LogP contribution >= 0.6 is 0 Å². The van der Waals surface area contributed by atoms with Gasteiger partial charge in [-0.15, -0.1) is 35.9 Å². The van der Waals surface area contributed by atoms with Crippen LogP contribution in [0.3, 0.4) is 0 Å². The molecule has 0 saturated heterocycles. The molecule has 0 fully saturated rings. The smallest absolute Gasteiger partial charge is 0.483 e. The number of aromatic nitrogens is 1. The van der Waals surface area contributed by atoms with E-state index in [1.807, 2.05) is 89.0 Å². The minimum atomic E-state index is 0. The van der Waals surface area contributed by atoms with E-state index in [1.54, 1.807) is 6.20 Å². The number of hydrogen-bond acceptors (Lipinski definition) is 2. The molecule has 3 heterocycles. The largest absolute Gasteiger partial charge is 0.494 e. The Bertz CT molecular complexity index is 1700. The number of para-hydroxylation sites is 3. The molecule has 0 bridgehead atoms. The van der Waals surface area contributed by atoms with Crippen molar-refractivity contribution in [3.63, 3.8) is 0 Å². The minimum absolute atomic E-state index is 0. The van der Waals surface area contributed by atoms with Crippen LogP contribution in [0.15, 0.2) is 114 Å². The maximum absolute atomic E-state index is 5.94. The first-order valence-corrected chi connectivity index (χ1v) is 11.4. The number of rotatable bonds is 2. The van der Waals surface area contributed by atoms with Gasteiger partial charge in [0.05, 0.1) is 0 Å². The van der Waals surface area contributed by atoms with E-state index in [-0.39, 0.29) is 20.1 Å². The Hall–Kier alpha value is -4.14. The fourth-order valence-corrected chi connectivity index (χ4v) is 4.23. The molecule has 6 aromatic rings. The molecule has 4 aromatic carbocycles. The molecule has 0 N–H and O–H groups in total. The zero-order valence-corrected chi connectivity index (χ0v) is 21.9. The maximum Gasteiger partial charge on any atom is 0.494 e. The zero-order valence-electron chi connectivity index (χ0n) is 19.5. The first kappa shape index (κ1) is 23.6. The van der Waals surface area contributed by atoms with Gasteiger partial charge in [-0.25, -0.2) is 0 Å². The van der Waals surface area contributed by atoms with Crippen LogP contribution in [0.4, 0.5) is 17.1 Å². The molecule has 1 radical (unpaired) electrons. The average molecular weight is 644 g/mol. The van der Waals surface area contributed by atoms with Crippen molar-refractivity contribution in [3.8, 4) is 11.3 Å². The Morgan fingerprint density at radius 3 is 2.36 bits per heavy atom. The maximum atomic E-state index is 5.94. The zero-order chi connectivity index (χ0) is 23.6. The van der Waals surface area contributed by atoms with Crippen molar-refractivity contribution in [2.24, 2.45) is 0 Å². The Labute approximate surface area is 222 Å². The molecule has 0 saturated carbocycles. The van der Waals surface area contributed by atoms with Gasteiger partial charge in [0.1, 0.15) is 11.3 Å². The van der Waals surface area contributed by atoms with Crippen molar-refractivity contribution in [2.75, 3.05) is 7.05 Å². The van der Waals surface area contributed by atoms with Gasteiger partial charge in [-0.05, 0) is 23.2 Å². The van der Waals surface area contributed by atoms with E-state index in [4.69, 9.17) is 4.42 Å². The molecule has 1 aliphatic rings. The number of fused-ring (bicyclic) bond motifs is 4. The van der Waals surface area contributed by atoms with Crippen molar-refractivity contribution >= 4 is 45.0 Å². The van der Waals surface area contributed by atoms with Gasteiger partial charge in [0, 0.05) is 44.0 Å². The van der Waals surface area contributed by atoms with Crippen LogP contribution in [0.1, 0.15) is 0 Å². The van der Waals surface area contributed by atoms with Gasteiger partial charge < -0.3 is 9.40 Å². The van der Waals surface area contributed by atoms with E-state index >= 15 is 0 Å². The second kappa shape index (κ2) is 10.2. The average Bonchev–Trinajstić information content (AvgIpc) is 3.47. The summed E-state index contributed by atoms with van der Waals surface area (Å²) in [5, 5.41) is 2.21. The second-order valence-electron chi connectivity index (χ2n) is 8.16. The molecule has 0 atom stereocenters. The summed E-state index contributed by atoms with van der Waals surface area (Å²) in [6, 6.07) is 44.0. The van der Waals surface area contributed by atoms with Crippen LogP contribution in [0.5, 0.6) is 0 Å². The fourth-order valence-electron chi connectivity index (χ4n) is 4.23. The topological polar surface area (TPSA) is 32.0 Å². The van der Waals surface area contributed by atoms with Gasteiger partial charge in [0.25, 0.3) is 11.4 Å². The van der Waals surface area contributed by atoms with E-state index in [9.17, 15) is 0 Å². The molecule has 0 spiro atoms. The second-order valence-corrected chi connectivity index (χ2v) is 8.16. The molecule has 7 rings (SSSR count). The van der Waals surface area contributed by atoms with E-state index in [1.165, 1.54) is 0 Å². The van der Waals surface area contributed by atoms with Crippen molar-refractivity contribution in [1.82, 2.24) is 9.56 Å². The molecule has 36 heavy (non-hydrogen) atoms. The van der Waals surface area contributed by atoms with Gasteiger partial charge in [0.15, 0.2) is 7.05 Å². The summed E-state index contributed by atoms with van der Waals surface area (Å²) >= 11 is 0. The Kier molecular flexibility index (Phi) is 6.70. The third kappa shape index (κ3) is 4.44. The Morgan fingerprint density at radius 2 is 1.56 bits per heavy atom. The molecule has 0 unspecified atom stereocenters. The summed E-state index contributed by atoms with van der Waals surface area (Å²) in [7, 11) is 2.00. The van der Waals surface area contributed by atoms with Gasteiger partial charge in [0.2, 0.25) is 0 Å². The summed E-state index contributed by atoms with van der Waals surface area (Å²) < 4.78 is 9.95. The SMILES string of the molecule is C[N+]1=C=[N+](c2[c-]c3oc4ccccc4c3cc2)c2ccccc21.[Ir].[c-]1ccccc1-c1ccccn1. The molecule has 1 aliphatic heterocycles. The number of nitrogens with zero attached hydrogens (tertiary/aromatic N) is 3. The van der Waals surface area contributed by atoms with Gasteiger partial charge in [-0.1, -0.05) is 69.1 Å². The van der Waals surface area contributed by atoms with E-state index < -0.39 is 0 Å². The van der Waals surface area contributed by atoms with Crippen molar-refractivity contribution in [2.45, 2.75) is 0 Å². The summed E-state index contributed by atoms with van der Waals surface area (Å²) in [6.07, 6.45) is 1.79. The van der Waals surface area contributed by atoms with Crippen LogP contribution in [0.25, 0.3) is 33.2 Å². The van der Waals surface area contributed by atoms with Crippen molar-refractivity contribution < 1.29 is 29.1 Å². The van der Waals surface area contributed by atoms with E-state index in [0.717, 1.165) is 50.3 Å². The Balaban J connectivity index is 0.000000175. The van der Waals surface area contributed by atoms with Crippen LogP contribution in [-0.2, 0) is 20.1 Å². The quantitative estimate of drug-likeness (QED) is 0.147. The predicted octanol–water partition coefficient (Wildman–Crippen LogP) is 7.23. The minimum Gasteiger partial charge on any atom is -0.483 e. The van der Waals surface area contributed by atoms with Crippen LogP contribution < -0.4 is 4.58 Å². The fraction of sp³-hybridized carbons (Fsp3) is 0.0323. The summed E-state index contributed by atoms with van der Waals surface area (Å²) in [4.78, 5) is 4.22. The van der Waals surface area contributed by atoms with Gasteiger partial charge >= 0.3 is 6.01 Å². The first-order chi connectivity index (χ1) is 17.3. The van der Waals surface area contributed by atoms with Crippen molar-refractivity contribution in [3.05, 3.63) is 121 Å². The van der Waals surface area contributed by atoms with Crippen LogP contribution in [-0.4, -0.2) is 22.6 Å². The summed E-state index contributed by atoms with van der Waals surface area (Å²) in [5.74, 6) is 0. The molecule has 5 heteroatoms. The number of pyridine rings is 1. The summed E-state index contributed by atoms with van der Waals surface area (Å²) in [5.41, 5.74) is 6.83.